The molecule has 0 radical (unpaired) electrons. The zero-order chi connectivity index (χ0) is 13.0. The van der Waals surface area contributed by atoms with Crippen LogP contribution in [0, 0.1) is 5.82 Å². The highest BCUT2D eigenvalue weighted by atomic mass is 35.5. The lowest BCUT2D eigenvalue weighted by atomic mass is 10.1. The maximum absolute atomic E-state index is 13.5. The van der Waals surface area contributed by atoms with E-state index in [0.29, 0.717) is 28.0 Å². The molecular weight excluding hydrogens is 271 g/mol. The van der Waals surface area contributed by atoms with Crippen LogP contribution in [-0.4, -0.2) is 22.2 Å². The van der Waals surface area contributed by atoms with Crippen molar-refractivity contribution in [1.29, 1.82) is 0 Å². The quantitative estimate of drug-likeness (QED) is 0.882. The number of hydrogen-bond acceptors (Lipinski definition) is 2. The second-order valence-electron chi connectivity index (χ2n) is 4.80. The predicted octanol–water partition coefficient (Wildman–Crippen LogP) is 4.06. The van der Waals surface area contributed by atoms with Crippen LogP contribution >= 0.6 is 23.4 Å². The standard InChI is InChI=1S/C14H18ClFOS/c15-13-6-3-7-14(16)12(13)8-10(17)9-18-11-4-1-2-5-11/h3,6-7,10-11,17H,1-2,4-5,8-9H2. The Morgan fingerprint density at radius 2 is 2.11 bits per heavy atom. The van der Waals surface area contributed by atoms with Gasteiger partial charge in [0.1, 0.15) is 5.82 Å². The SMILES string of the molecule is OC(CSC1CCCC1)Cc1c(F)cccc1Cl. The van der Waals surface area contributed by atoms with Crippen LogP contribution in [-0.2, 0) is 6.42 Å². The van der Waals surface area contributed by atoms with Crippen molar-refractivity contribution in [2.75, 3.05) is 5.75 Å². The molecule has 2 rings (SSSR count). The molecule has 1 atom stereocenters. The van der Waals surface area contributed by atoms with Gasteiger partial charge in [-0.25, -0.2) is 4.39 Å². The fourth-order valence-corrected chi connectivity index (χ4v) is 3.84. The lowest BCUT2D eigenvalue weighted by molar-refractivity contribution is 0.198. The molecule has 1 N–H and O–H groups in total. The van der Waals surface area contributed by atoms with Gasteiger partial charge in [0.05, 0.1) is 6.10 Å². The molecule has 0 amide bonds. The molecule has 1 aliphatic rings. The van der Waals surface area contributed by atoms with Crippen LogP contribution in [0.15, 0.2) is 18.2 Å². The number of rotatable bonds is 5. The Kier molecular flexibility index (Phi) is 5.34. The third-order valence-corrected chi connectivity index (χ3v) is 5.20. The smallest absolute Gasteiger partial charge is 0.127 e. The summed E-state index contributed by atoms with van der Waals surface area (Å²) in [6, 6.07) is 4.63. The molecule has 0 heterocycles. The molecule has 4 heteroatoms. The van der Waals surface area contributed by atoms with Crippen LogP contribution in [0.1, 0.15) is 31.2 Å². The highest BCUT2D eigenvalue weighted by molar-refractivity contribution is 7.99. The molecule has 1 aliphatic carbocycles. The van der Waals surface area contributed by atoms with Crippen molar-refractivity contribution in [1.82, 2.24) is 0 Å². The van der Waals surface area contributed by atoms with Gasteiger partial charge in [0.15, 0.2) is 0 Å². The van der Waals surface area contributed by atoms with Crippen LogP contribution in [0.5, 0.6) is 0 Å². The van der Waals surface area contributed by atoms with Gasteiger partial charge in [-0.05, 0) is 25.0 Å². The molecule has 1 fully saturated rings. The second-order valence-corrected chi connectivity index (χ2v) is 6.54. The van der Waals surface area contributed by atoms with Crippen LogP contribution < -0.4 is 0 Å². The van der Waals surface area contributed by atoms with Crippen LogP contribution in [0.3, 0.4) is 0 Å². The van der Waals surface area contributed by atoms with Crippen molar-refractivity contribution in [3.63, 3.8) is 0 Å². The Labute approximate surface area is 117 Å². The Morgan fingerprint density at radius 1 is 1.39 bits per heavy atom. The highest BCUT2D eigenvalue weighted by Crippen LogP contribution is 2.30. The fraction of sp³-hybridized carbons (Fsp3) is 0.571. The topological polar surface area (TPSA) is 20.2 Å². The van der Waals surface area contributed by atoms with E-state index in [4.69, 9.17) is 11.6 Å². The molecule has 1 aromatic rings. The van der Waals surface area contributed by atoms with Gasteiger partial charge in [-0.2, -0.15) is 11.8 Å². The molecule has 0 saturated heterocycles. The molecule has 1 aromatic carbocycles. The van der Waals surface area contributed by atoms with Gasteiger partial charge in [-0.3, -0.25) is 0 Å². The maximum Gasteiger partial charge on any atom is 0.127 e. The van der Waals surface area contributed by atoms with E-state index in [1.165, 1.54) is 31.7 Å². The Balaban J connectivity index is 1.84. The second kappa shape index (κ2) is 6.78. The number of aliphatic hydroxyl groups is 1. The third kappa shape index (κ3) is 3.87. The summed E-state index contributed by atoms with van der Waals surface area (Å²) in [5.41, 5.74) is 0.429. The molecular formula is C14H18ClFOS. The largest absolute Gasteiger partial charge is 0.392 e. The average Bonchev–Trinajstić information content (AvgIpc) is 2.84. The van der Waals surface area contributed by atoms with Crippen molar-refractivity contribution < 1.29 is 9.50 Å². The Hall–Kier alpha value is -0.250. The first kappa shape index (κ1) is 14.2. The summed E-state index contributed by atoms with van der Waals surface area (Å²) in [5.74, 6) is 0.336. The molecule has 0 spiro atoms. The molecule has 100 valence electrons. The van der Waals surface area contributed by atoms with Gasteiger partial charge < -0.3 is 5.11 Å². The van der Waals surface area contributed by atoms with Crippen LogP contribution in [0.4, 0.5) is 4.39 Å². The molecule has 1 nitrogen and oxygen atoms in total. The zero-order valence-electron chi connectivity index (χ0n) is 10.2. The summed E-state index contributed by atoms with van der Waals surface area (Å²) < 4.78 is 13.5. The van der Waals surface area contributed by atoms with Crippen molar-refractivity contribution in [2.24, 2.45) is 0 Å². The van der Waals surface area contributed by atoms with Gasteiger partial charge in [0.25, 0.3) is 0 Å². The van der Waals surface area contributed by atoms with E-state index in [0.717, 1.165) is 0 Å². The zero-order valence-corrected chi connectivity index (χ0v) is 11.8. The first-order chi connectivity index (χ1) is 8.66. The van der Waals surface area contributed by atoms with E-state index in [1.54, 1.807) is 12.1 Å². The summed E-state index contributed by atoms with van der Waals surface area (Å²) in [7, 11) is 0. The molecule has 0 bridgehead atoms. The van der Waals surface area contributed by atoms with E-state index in [-0.39, 0.29) is 5.82 Å². The van der Waals surface area contributed by atoms with Crippen LogP contribution in [0.2, 0.25) is 5.02 Å². The summed E-state index contributed by atoms with van der Waals surface area (Å²) in [5, 5.41) is 11.0. The molecule has 0 aromatic heterocycles. The fourth-order valence-electron chi connectivity index (χ4n) is 2.32. The van der Waals surface area contributed by atoms with Gasteiger partial charge in [-0.1, -0.05) is 30.5 Å². The third-order valence-electron chi connectivity index (χ3n) is 3.33. The summed E-state index contributed by atoms with van der Waals surface area (Å²) in [6.45, 7) is 0. The van der Waals surface area contributed by atoms with E-state index in [2.05, 4.69) is 0 Å². The Morgan fingerprint density at radius 3 is 2.78 bits per heavy atom. The van der Waals surface area contributed by atoms with Crippen molar-refractivity contribution in [3.05, 3.63) is 34.6 Å². The average molecular weight is 289 g/mol. The van der Waals surface area contributed by atoms with Gasteiger partial charge in [0.2, 0.25) is 0 Å². The minimum atomic E-state index is -0.523. The number of benzene rings is 1. The van der Waals surface area contributed by atoms with Gasteiger partial charge in [-0.15, -0.1) is 0 Å². The molecule has 1 unspecified atom stereocenters. The first-order valence-electron chi connectivity index (χ1n) is 6.39. The van der Waals surface area contributed by atoms with Gasteiger partial charge in [0, 0.05) is 28.0 Å². The van der Waals surface area contributed by atoms with E-state index in [1.807, 2.05) is 11.8 Å². The van der Waals surface area contributed by atoms with Crippen molar-refractivity contribution in [3.8, 4) is 0 Å². The van der Waals surface area contributed by atoms with Gasteiger partial charge >= 0.3 is 0 Å². The van der Waals surface area contributed by atoms with E-state index >= 15 is 0 Å². The summed E-state index contributed by atoms with van der Waals surface area (Å²) in [6.07, 6.45) is 4.87. The monoisotopic (exact) mass is 288 g/mol. The van der Waals surface area contributed by atoms with E-state index < -0.39 is 6.10 Å². The number of aliphatic hydroxyl groups excluding tert-OH is 1. The summed E-state index contributed by atoms with van der Waals surface area (Å²) >= 11 is 7.75. The highest BCUT2D eigenvalue weighted by Gasteiger charge is 2.18. The van der Waals surface area contributed by atoms with Crippen molar-refractivity contribution >= 4 is 23.4 Å². The van der Waals surface area contributed by atoms with Crippen molar-refractivity contribution in [2.45, 2.75) is 43.5 Å². The molecule has 18 heavy (non-hydrogen) atoms. The molecule has 0 aliphatic heterocycles. The minimum absolute atomic E-state index is 0.297. The normalized spacial score (nSPS) is 18.2. The lowest BCUT2D eigenvalue weighted by Crippen LogP contribution is -2.16. The number of halogens is 2. The Bertz CT molecular complexity index is 373. The predicted molar refractivity (Wildman–Crippen MR) is 75.8 cm³/mol. The maximum atomic E-state index is 13.5. The molecule has 1 saturated carbocycles. The lowest BCUT2D eigenvalue weighted by Gasteiger charge is -2.15. The number of hydrogen-bond donors (Lipinski definition) is 1. The minimum Gasteiger partial charge on any atom is -0.392 e. The van der Waals surface area contributed by atoms with Crippen LogP contribution in [0.25, 0.3) is 0 Å². The summed E-state index contributed by atoms with van der Waals surface area (Å²) in [4.78, 5) is 0. The van der Waals surface area contributed by atoms with E-state index in [9.17, 15) is 9.50 Å². The number of thioether (sulfide) groups is 1. The first-order valence-corrected chi connectivity index (χ1v) is 7.82.